The molecule has 5 nitrogen and oxygen atoms in total. The Morgan fingerprint density at radius 2 is 2.25 bits per heavy atom. The Labute approximate surface area is 121 Å². The summed E-state index contributed by atoms with van der Waals surface area (Å²) in [5.74, 6) is -0.657. The van der Waals surface area contributed by atoms with Gasteiger partial charge in [-0.05, 0) is 24.5 Å². The Morgan fingerprint density at radius 1 is 1.55 bits per heavy atom. The maximum absolute atomic E-state index is 13.1. The molecule has 0 spiro atoms. The number of amides is 1. The van der Waals surface area contributed by atoms with E-state index in [-0.39, 0.29) is 11.5 Å². The summed E-state index contributed by atoms with van der Waals surface area (Å²) >= 11 is 5.64. The second kappa shape index (κ2) is 7.79. The van der Waals surface area contributed by atoms with Gasteiger partial charge in [-0.1, -0.05) is 13.3 Å². The lowest BCUT2D eigenvalue weighted by Gasteiger charge is -2.14. The average Bonchev–Trinajstić information content (AvgIpc) is 2.42. The molecule has 1 N–H and O–H groups in total. The van der Waals surface area contributed by atoms with Gasteiger partial charge in [-0.3, -0.25) is 14.9 Å². The molecule has 1 rings (SSSR count). The first kappa shape index (κ1) is 16.4. The molecule has 0 saturated heterocycles. The quantitative estimate of drug-likeness (QED) is 0.478. The second-order valence-electron chi connectivity index (χ2n) is 4.38. The zero-order valence-electron chi connectivity index (χ0n) is 11.1. The Kier molecular flexibility index (Phi) is 6.38. The number of alkyl halides is 1. The van der Waals surface area contributed by atoms with Crippen LogP contribution < -0.4 is 5.32 Å². The monoisotopic (exact) mass is 302 g/mol. The maximum Gasteiger partial charge on any atom is 0.282 e. The molecule has 1 aromatic carbocycles. The lowest BCUT2D eigenvalue weighted by atomic mass is 10.0. The van der Waals surface area contributed by atoms with E-state index in [4.69, 9.17) is 11.6 Å². The number of hydrogen-bond acceptors (Lipinski definition) is 3. The second-order valence-corrected chi connectivity index (χ2v) is 4.76. The van der Waals surface area contributed by atoms with Gasteiger partial charge < -0.3 is 5.32 Å². The predicted molar refractivity (Wildman–Crippen MR) is 74.5 cm³/mol. The van der Waals surface area contributed by atoms with E-state index in [1.54, 1.807) is 0 Å². The molecular weight excluding hydrogens is 287 g/mol. The average molecular weight is 303 g/mol. The van der Waals surface area contributed by atoms with Crippen molar-refractivity contribution in [2.24, 2.45) is 5.92 Å². The minimum atomic E-state index is -0.704. The number of benzene rings is 1. The predicted octanol–water partition coefficient (Wildman–Crippen LogP) is 3.12. The highest BCUT2D eigenvalue weighted by Crippen LogP contribution is 2.19. The van der Waals surface area contributed by atoms with Crippen molar-refractivity contribution in [1.82, 2.24) is 5.32 Å². The van der Waals surface area contributed by atoms with E-state index in [0.29, 0.717) is 12.4 Å². The number of nitrogens with zero attached hydrogens (tertiary/aromatic N) is 1. The number of carbonyl (C=O) groups excluding carboxylic acids is 1. The van der Waals surface area contributed by atoms with Crippen molar-refractivity contribution in [3.63, 3.8) is 0 Å². The van der Waals surface area contributed by atoms with Crippen molar-refractivity contribution in [2.45, 2.75) is 19.8 Å². The summed E-state index contributed by atoms with van der Waals surface area (Å²) in [6.45, 7) is 2.32. The Balaban J connectivity index is 2.81. The van der Waals surface area contributed by atoms with Gasteiger partial charge >= 0.3 is 0 Å². The largest absolute Gasteiger partial charge is 0.352 e. The molecule has 0 heterocycles. The van der Waals surface area contributed by atoms with E-state index in [9.17, 15) is 19.3 Å². The third-order valence-electron chi connectivity index (χ3n) is 3.05. The van der Waals surface area contributed by atoms with Crippen LogP contribution in [0.4, 0.5) is 10.1 Å². The summed E-state index contributed by atoms with van der Waals surface area (Å²) in [4.78, 5) is 22.0. The zero-order chi connectivity index (χ0) is 15.1. The van der Waals surface area contributed by atoms with Gasteiger partial charge in [-0.15, -0.1) is 11.6 Å². The fourth-order valence-corrected chi connectivity index (χ4v) is 2.10. The molecular formula is C13H16ClFN2O3. The summed E-state index contributed by atoms with van der Waals surface area (Å²) in [7, 11) is 0. The lowest BCUT2D eigenvalue weighted by Crippen LogP contribution is -2.30. The number of nitro benzene ring substituents is 1. The van der Waals surface area contributed by atoms with Crippen molar-refractivity contribution in [2.75, 3.05) is 12.4 Å². The van der Waals surface area contributed by atoms with Crippen LogP contribution in [0.5, 0.6) is 0 Å². The van der Waals surface area contributed by atoms with Crippen molar-refractivity contribution in [3.8, 4) is 0 Å². The molecule has 0 aromatic heterocycles. The van der Waals surface area contributed by atoms with Gasteiger partial charge in [0.1, 0.15) is 11.4 Å². The van der Waals surface area contributed by atoms with E-state index in [0.717, 1.165) is 31.0 Å². The number of hydrogen-bond donors (Lipinski definition) is 1. The molecule has 7 heteroatoms. The summed E-state index contributed by atoms with van der Waals surface area (Å²) in [5.41, 5.74) is -0.676. The SMILES string of the molecule is CCC(CCCl)CNC(=O)c1cc(F)ccc1[N+](=O)[O-]. The van der Waals surface area contributed by atoms with E-state index in [1.807, 2.05) is 6.92 Å². The molecule has 1 atom stereocenters. The van der Waals surface area contributed by atoms with Gasteiger partial charge in [0.05, 0.1) is 4.92 Å². The molecule has 20 heavy (non-hydrogen) atoms. The van der Waals surface area contributed by atoms with Gasteiger partial charge in [0.15, 0.2) is 0 Å². The Hall–Kier alpha value is -1.69. The van der Waals surface area contributed by atoms with E-state index < -0.39 is 22.3 Å². The maximum atomic E-state index is 13.1. The first-order valence-electron chi connectivity index (χ1n) is 6.27. The fraction of sp³-hybridized carbons (Fsp3) is 0.462. The zero-order valence-corrected chi connectivity index (χ0v) is 11.8. The van der Waals surface area contributed by atoms with Gasteiger partial charge in [0.25, 0.3) is 11.6 Å². The number of nitro groups is 1. The van der Waals surface area contributed by atoms with Crippen LogP contribution in [0.2, 0.25) is 0 Å². The molecule has 1 unspecified atom stereocenters. The smallest absolute Gasteiger partial charge is 0.282 e. The normalized spacial score (nSPS) is 11.9. The molecule has 0 aliphatic carbocycles. The van der Waals surface area contributed by atoms with Gasteiger partial charge in [-0.25, -0.2) is 4.39 Å². The van der Waals surface area contributed by atoms with Crippen LogP contribution in [0.3, 0.4) is 0 Å². The summed E-state index contributed by atoms with van der Waals surface area (Å²) in [5, 5.41) is 13.4. The summed E-state index contributed by atoms with van der Waals surface area (Å²) < 4.78 is 13.1. The van der Waals surface area contributed by atoms with Crippen LogP contribution in [0, 0.1) is 21.8 Å². The number of rotatable bonds is 7. The summed E-state index contributed by atoms with van der Waals surface area (Å²) in [6.07, 6.45) is 1.57. The minimum absolute atomic E-state index is 0.198. The molecule has 0 radical (unpaired) electrons. The van der Waals surface area contributed by atoms with Crippen LogP contribution in [0.15, 0.2) is 18.2 Å². The first-order chi connectivity index (χ1) is 9.49. The highest BCUT2D eigenvalue weighted by molar-refractivity contribution is 6.17. The molecule has 0 aliphatic heterocycles. The number of carbonyl (C=O) groups is 1. The van der Waals surface area contributed by atoms with Gasteiger partial charge in [0, 0.05) is 18.5 Å². The van der Waals surface area contributed by atoms with E-state index in [1.165, 1.54) is 0 Å². The molecule has 1 aromatic rings. The van der Waals surface area contributed by atoms with E-state index >= 15 is 0 Å². The third kappa shape index (κ3) is 4.45. The van der Waals surface area contributed by atoms with Crippen molar-refractivity contribution in [1.29, 1.82) is 0 Å². The van der Waals surface area contributed by atoms with Gasteiger partial charge in [-0.2, -0.15) is 0 Å². The third-order valence-corrected chi connectivity index (χ3v) is 3.26. The highest BCUT2D eigenvalue weighted by atomic mass is 35.5. The van der Waals surface area contributed by atoms with Crippen LogP contribution in [0.1, 0.15) is 30.1 Å². The number of nitrogens with one attached hydrogen (secondary N) is 1. The highest BCUT2D eigenvalue weighted by Gasteiger charge is 2.21. The number of halogens is 2. The minimum Gasteiger partial charge on any atom is -0.352 e. The van der Waals surface area contributed by atoms with Crippen LogP contribution >= 0.6 is 11.6 Å². The standard InChI is InChI=1S/C13H16ClFN2O3/c1-2-9(5-6-14)8-16-13(18)11-7-10(15)3-4-12(11)17(19)20/h3-4,7,9H,2,5-6,8H2,1H3,(H,16,18). The summed E-state index contributed by atoms with van der Waals surface area (Å²) in [6, 6.07) is 2.81. The first-order valence-corrected chi connectivity index (χ1v) is 6.81. The van der Waals surface area contributed by atoms with Gasteiger partial charge in [0.2, 0.25) is 0 Å². The van der Waals surface area contributed by atoms with E-state index in [2.05, 4.69) is 5.32 Å². The molecule has 0 bridgehead atoms. The Morgan fingerprint density at radius 3 is 2.80 bits per heavy atom. The van der Waals surface area contributed by atoms with Crippen LogP contribution in [-0.4, -0.2) is 23.3 Å². The molecule has 0 saturated carbocycles. The van der Waals surface area contributed by atoms with Crippen molar-refractivity contribution < 1.29 is 14.1 Å². The molecule has 0 aliphatic rings. The lowest BCUT2D eigenvalue weighted by molar-refractivity contribution is -0.385. The fourth-order valence-electron chi connectivity index (χ4n) is 1.79. The van der Waals surface area contributed by atoms with Crippen molar-refractivity contribution in [3.05, 3.63) is 39.7 Å². The van der Waals surface area contributed by atoms with Crippen molar-refractivity contribution >= 4 is 23.2 Å². The molecule has 110 valence electrons. The Bertz CT molecular complexity index is 497. The topological polar surface area (TPSA) is 72.2 Å². The van der Waals surface area contributed by atoms with Crippen LogP contribution in [0.25, 0.3) is 0 Å². The molecule has 0 fully saturated rings. The van der Waals surface area contributed by atoms with Crippen LogP contribution in [-0.2, 0) is 0 Å². The molecule has 1 amide bonds.